The van der Waals surface area contributed by atoms with Crippen molar-refractivity contribution in [3.05, 3.63) is 59.5 Å². The maximum Gasteiger partial charge on any atom is 0.121 e. The lowest BCUT2D eigenvalue weighted by Gasteiger charge is -2.13. The van der Waals surface area contributed by atoms with Crippen LogP contribution in [0.4, 0.5) is 0 Å². The summed E-state index contributed by atoms with van der Waals surface area (Å²) in [6, 6.07) is 13.4. The summed E-state index contributed by atoms with van der Waals surface area (Å²) < 4.78 is 7.19. The molecule has 5 nitrogen and oxygen atoms in total. The summed E-state index contributed by atoms with van der Waals surface area (Å²) in [6.07, 6.45) is 1.69. The van der Waals surface area contributed by atoms with E-state index in [1.54, 1.807) is 25.4 Å². The highest BCUT2D eigenvalue weighted by molar-refractivity contribution is 5.75. The molecular formula is C18H16N4O. The number of ether oxygens (including phenoxy) is 1. The second-order valence-corrected chi connectivity index (χ2v) is 5.23. The van der Waals surface area contributed by atoms with Crippen LogP contribution < -0.4 is 4.74 Å². The highest BCUT2D eigenvalue weighted by atomic mass is 16.5. The number of methoxy groups -OCH3 is 1. The van der Waals surface area contributed by atoms with Gasteiger partial charge in [0.2, 0.25) is 0 Å². The number of hydrogen-bond donors (Lipinski definition) is 0. The smallest absolute Gasteiger partial charge is 0.121 e. The molecule has 0 unspecified atom stereocenters. The minimum atomic E-state index is 0.528. The fourth-order valence-corrected chi connectivity index (χ4v) is 2.60. The van der Waals surface area contributed by atoms with E-state index >= 15 is 0 Å². The summed E-state index contributed by atoms with van der Waals surface area (Å²) >= 11 is 0. The SMILES string of the molecule is COc1ccc(-c2ncccc2C#N)c(-n2nc(C)cc2C)c1. The molecule has 0 aliphatic rings. The van der Waals surface area contributed by atoms with Crippen molar-refractivity contribution in [1.29, 1.82) is 5.26 Å². The molecule has 3 rings (SSSR count). The zero-order valence-electron chi connectivity index (χ0n) is 13.2. The molecule has 0 saturated heterocycles. The molecule has 0 radical (unpaired) electrons. The molecule has 1 aromatic carbocycles. The predicted octanol–water partition coefficient (Wildman–Crippen LogP) is 3.43. The molecule has 0 aliphatic heterocycles. The van der Waals surface area contributed by atoms with E-state index in [4.69, 9.17) is 4.74 Å². The zero-order chi connectivity index (χ0) is 16.4. The molecule has 0 spiro atoms. The Kier molecular flexibility index (Phi) is 3.82. The number of hydrogen-bond acceptors (Lipinski definition) is 4. The van der Waals surface area contributed by atoms with Crippen molar-refractivity contribution < 1.29 is 4.74 Å². The lowest BCUT2D eigenvalue weighted by molar-refractivity contribution is 0.414. The molecule has 0 atom stereocenters. The Morgan fingerprint density at radius 1 is 1.17 bits per heavy atom. The minimum absolute atomic E-state index is 0.528. The standard InChI is InChI=1S/C18H16N4O/c1-12-9-13(2)22(21-12)17-10-15(23-3)6-7-16(17)18-14(11-19)5-4-8-20-18/h4-10H,1-3H3. The first-order chi connectivity index (χ1) is 11.1. The summed E-state index contributed by atoms with van der Waals surface area (Å²) in [7, 11) is 1.63. The van der Waals surface area contributed by atoms with Crippen LogP contribution in [0.5, 0.6) is 5.75 Å². The molecule has 2 aromatic heterocycles. The fourth-order valence-electron chi connectivity index (χ4n) is 2.60. The summed E-state index contributed by atoms with van der Waals surface area (Å²) in [5.41, 5.74) is 4.78. The number of nitriles is 1. The van der Waals surface area contributed by atoms with Gasteiger partial charge >= 0.3 is 0 Å². The highest BCUT2D eigenvalue weighted by Gasteiger charge is 2.15. The Balaban J connectivity index is 2.30. The Morgan fingerprint density at radius 3 is 2.65 bits per heavy atom. The maximum absolute atomic E-state index is 9.36. The molecule has 23 heavy (non-hydrogen) atoms. The van der Waals surface area contributed by atoms with Crippen LogP contribution in [-0.4, -0.2) is 21.9 Å². The van der Waals surface area contributed by atoms with Crippen molar-refractivity contribution in [1.82, 2.24) is 14.8 Å². The Morgan fingerprint density at radius 2 is 2.00 bits per heavy atom. The third kappa shape index (κ3) is 2.67. The Hall–Kier alpha value is -3.13. The normalized spacial score (nSPS) is 10.3. The summed E-state index contributed by atoms with van der Waals surface area (Å²) in [4.78, 5) is 4.39. The van der Waals surface area contributed by atoms with Crippen molar-refractivity contribution in [2.24, 2.45) is 0 Å². The quantitative estimate of drug-likeness (QED) is 0.743. The van der Waals surface area contributed by atoms with E-state index < -0.39 is 0 Å². The summed E-state index contributed by atoms with van der Waals surface area (Å²) in [5, 5.41) is 13.9. The van der Waals surface area contributed by atoms with Gasteiger partial charge in [0.1, 0.15) is 11.8 Å². The molecule has 0 fully saturated rings. The van der Waals surface area contributed by atoms with Crippen LogP contribution in [0.2, 0.25) is 0 Å². The molecule has 0 saturated carbocycles. The molecular weight excluding hydrogens is 288 g/mol. The largest absolute Gasteiger partial charge is 0.497 e. The first-order valence-corrected chi connectivity index (χ1v) is 7.21. The van der Waals surface area contributed by atoms with Crippen molar-refractivity contribution >= 4 is 0 Å². The van der Waals surface area contributed by atoms with Gasteiger partial charge < -0.3 is 4.74 Å². The van der Waals surface area contributed by atoms with Gasteiger partial charge in [-0.1, -0.05) is 0 Å². The van der Waals surface area contributed by atoms with E-state index in [2.05, 4.69) is 16.2 Å². The van der Waals surface area contributed by atoms with E-state index in [1.807, 2.05) is 42.8 Å². The third-order valence-electron chi connectivity index (χ3n) is 3.63. The maximum atomic E-state index is 9.36. The molecule has 0 aliphatic carbocycles. The van der Waals surface area contributed by atoms with Crippen molar-refractivity contribution in [2.75, 3.05) is 7.11 Å². The monoisotopic (exact) mass is 304 g/mol. The van der Waals surface area contributed by atoms with E-state index in [9.17, 15) is 5.26 Å². The van der Waals surface area contributed by atoms with Crippen molar-refractivity contribution in [2.45, 2.75) is 13.8 Å². The van der Waals surface area contributed by atoms with Crippen LogP contribution in [0.25, 0.3) is 16.9 Å². The average Bonchev–Trinajstić information content (AvgIpc) is 2.92. The van der Waals surface area contributed by atoms with Crippen LogP contribution in [0.3, 0.4) is 0 Å². The van der Waals surface area contributed by atoms with Crippen molar-refractivity contribution in [3.63, 3.8) is 0 Å². The van der Waals surface area contributed by atoms with Gasteiger partial charge in [-0.05, 0) is 44.2 Å². The number of rotatable bonds is 3. The van der Waals surface area contributed by atoms with Gasteiger partial charge in [-0.3, -0.25) is 4.98 Å². The summed E-state index contributed by atoms with van der Waals surface area (Å²) in [6.45, 7) is 3.94. The highest BCUT2D eigenvalue weighted by Crippen LogP contribution is 2.31. The van der Waals surface area contributed by atoms with Crippen LogP contribution in [-0.2, 0) is 0 Å². The van der Waals surface area contributed by atoms with Crippen LogP contribution >= 0.6 is 0 Å². The second-order valence-electron chi connectivity index (χ2n) is 5.23. The minimum Gasteiger partial charge on any atom is -0.497 e. The predicted molar refractivity (Wildman–Crippen MR) is 87.5 cm³/mol. The van der Waals surface area contributed by atoms with Gasteiger partial charge in [0.25, 0.3) is 0 Å². The molecule has 0 N–H and O–H groups in total. The Bertz CT molecular complexity index is 906. The number of nitrogens with zero attached hydrogens (tertiary/aromatic N) is 4. The van der Waals surface area contributed by atoms with Gasteiger partial charge in [0.15, 0.2) is 0 Å². The van der Waals surface area contributed by atoms with Crippen LogP contribution in [0, 0.1) is 25.2 Å². The number of benzene rings is 1. The second kappa shape index (κ2) is 5.93. The zero-order valence-corrected chi connectivity index (χ0v) is 13.2. The first kappa shape index (κ1) is 14.8. The topological polar surface area (TPSA) is 63.7 Å². The molecule has 0 bridgehead atoms. The van der Waals surface area contributed by atoms with E-state index in [1.165, 1.54) is 0 Å². The molecule has 3 aromatic rings. The van der Waals surface area contributed by atoms with E-state index in [0.717, 1.165) is 28.4 Å². The fraction of sp³-hybridized carbons (Fsp3) is 0.167. The van der Waals surface area contributed by atoms with Gasteiger partial charge in [0.05, 0.1) is 29.7 Å². The molecule has 114 valence electrons. The average molecular weight is 304 g/mol. The number of pyridine rings is 1. The molecule has 0 amide bonds. The lowest BCUT2D eigenvalue weighted by Crippen LogP contribution is -2.03. The van der Waals surface area contributed by atoms with Crippen molar-refractivity contribution in [3.8, 4) is 28.8 Å². The molecule has 5 heteroatoms. The Labute approximate surface area is 134 Å². The van der Waals surface area contributed by atoms with E-state index in [-0.39, 0.29) is 0 Å². The van der Waals surface area contributed by atoms with Gasteiger partial charge in [-0.15, -0.1) is 0 Å². The molecule has 2 heterocycles. The number of aryl methyl sites for hydroxylation is 2. The van der Waals surface area contributed by atoms with Gasteiger partial charge in [-0.25, -0.2) is 4.68 Å². The summed E-state index contributed by atoms with van der Waals surface area (Å²) in [5.74, 6) is 0.728. The van der Waals surface area contributed by atoms with Gasteiger partial charge in [0, 0.05) is 23.5 Å². The lowest BCUT2D eigenvalue weighted by atomic mass is 10.0. The third-order valence-corrected chi connectivity index (χ3v) is 3.63. The van der Waals surface area contributed by atoms with Gasteiger partial charge in [-0.2, -0.15) is 10.4 Å². The van der Waals surface area contributed by atoms with Crippen LogP contribution in [0.15, 0.2) is 42.6 Å². The van der Waals surface area contributed by atoms with E-state index in [0.29, 0.717) is 11.3 Å². The van der Waals surface area contributed by atoms with Crippen LogP contribution in [0.1, 0.15) is 17.0 Å². The number of aromatic nitrogens is 3. The first-order valence-electron chi connectivity index (χ1n) is 7.21.